The highest BCUT2D eigenvalue weighted by atomic mass is 79.9. The largest absolute Gasteiger partial charge is 0.255 e. The standard InChI is InChI=1S/C26H23BrN2/c1-16-12-22(23-13-19(4)24(27)14-18(23)3)17(2)11-21(16)20-8-9-26(29-15-20)25-7-5-6-10-28-25/h5-15H,1-4H3. The van der Waals surface area contributed by atoms with Crippen molar-refractivity contribution in [2.45, 2.75) is 27.7 Å². The molecule has 2 heterocycles. The van der Waals surface area contributed by atoms with E-state index < -0.39 is 0 Å². The third-order valence-electron chi connectivity index (χ3n) is 5.37. The van der Waals surface area contributed by atoms with Crippen LogP contribution in [-0.4, -0.2) is 9.97 Å². The first-order chi connectivity index (χ1) is 13.9. The topological polar surface area (TPSA) is 25.8 Å². The number of halogens is 1. The normalized spacial score (nSPS) is 10.9. The van der Waals surface area contributed by atoms with Crippen LogP contribution in [0.1, 0.15) is 22.3 Å². The quantitative estimate of drug-likeness (QED) is 0.328. The van der Waals surface area contributed by atoms with E-state index in [2.05, 4.69) is 83.9 Å². The second kappa shape index (κ2) is 7.92. The summed E-state index contributed by atoms with van der Waals surface area (Å²) in [4.78, 5) is 9.03. The van der Waals surface area contributed by atoms with Crippen LogP contribution in [0.15, 0.2) is 71.5 Å². The first-order valence-corrected chi connectivity index (χ1v) is 10.5. The van der Waals surface area contributed by atoms with Crippen molar-refractivity contribution >= 4 is 15.9 Å². The van der Waals surface area contributed by atoms with Crippen molar-refractivity contribution in [2.75, 3.05) is 0 Å². The van der Waals surface area contributed by atoms with Crippen LogP contribution in [0, 0.1) is 27.7 Å². The Morgan fingerprint density at radius 2 is 1.24 bits per heavy atom. The second-order valence-corrected chi connectivity index (χ2v) is 8.40. The smallest absolute Gasteiger partial charge is 0.0886 e. The first kappa shape index (κ1) is 19.5. The van der Waals surface area contributed by atoms with Gasteiger partial charge in [-0.15, -0.1) is 0 Å². The summed E-state index contributed by atoms with van der Waals surface area (Å²) < 4.78 is 1.16. The minimum absolute atomic E-state index is 0.890. The third kappa shape index (κ3) is 3.88. The summed E-state index contributed by atoms with van der Waals surface area (Å²) >= 11 is 3.64. The van der Waals surface area contributed by atoms with Crippen molar-refractivity contribution in [3.05, 3.63) is 93.7 Å². The number of hydrogen-bond donors (Lipinski definition) is 0. The van der Waals surface area contributed by atoms with Gasteiger partial charge in [0.25, 0.3) is 0 Å². The Balaban J connectivity index is 1.74. The van der Waals surface area contributed by atoms with Gasteiger partial charge in [-0.25, -0.2) is 0 Å². The van der Waals surface area contributed by atoms with E-state index in [0.29, 0.717) is 0 Å². The molecular formula is C26H23BrN2. The summed E-state index contributed by atoms with van der Waals surface area (Å²) in [5.41, 5.74) is 11.8. The van der Waals surface area contributed by atoms with Crippen molar-refractivity contribution in [3.8, 4) is 33.6 Å². The zero-order valence-corrected chi connectivity index (χ0v) is 18.7. The van der Waals surface area contributed by atoms with Crippen LogP contribution < -0.4 is 0 Å². The molecule has 3 heteroatoms. The Hall–Kier alpha value is -2.78. The van der Waals surface area contributed by atoms with Crippen molar-refractivity contribution in [1.29, 1.82) is 0 Å². The monoisotopic (exact) mass is 442 g/mol. The van der Waals surface area contributed by atoms with Crippen molar-refractivity contribution in [1.82, 2.24) is 9.97 Å². The van der Waals surface area contributed by atoms with E-state index in [-0.39, 0.29) is 0 Å². The number of aryl methyl sites for hydroxylation is 4. The molecule has 0 atom stereocenters. The van der Waals surface area contributed by atoms with Gasteiger partial charge in [0.1, 0.15) is 0 Å². The van der Waals surface area contributed by atoms with E-state index in [4.69, 9.17) is 0 Å². The summed E-state index contributed by atoms with van der Waals surface area (Å²) in [6, 6.07) is 19.1. The predicted molar refractivity (Wildman–Crippen MR) is 125 cm³/mol. The summed E-state index contributed by atoms with van der Waals surface area (Å²) in [7, 11) is 0. The average molecular weight is 443 g/mol. The second-order valence-electron chi connectivity index (χ2n) is 7.55. The molecule has 0 N–H and O–H groups in total. The molecule has 0 bridgehead atoms. The lowest BCUT2D eigenvalue weighted by atomic mass is 9.90. The van der Waals surface area contributed by atoms with E-state index in [1.165, 1.54) is 38.9 Å². The Bertz CT molecular complexity index is 1180. The van der Waals surface area contributed by atoms with E-state index in [9.17, 15) is 0 Å². The molecule has 0 aliphatic heterocycles. The molecule has 0 amide bonds. The van der Waals surface area contributed by atoms with Gasteiger partial charge >= 0.3 is 0 Å². The fraction of sp³-hybridized carbons (Fsp3) is 0.154. The van der Waals surface area contributed by atoms with Gasteiger partial charge in [-0.3, -0.25) is 9.97 Å². The Kier molecular flexibility index (Phi) is 5.33. The van der Waals surface area contributed by atoms with Gasteiger partial charge < -0.3 is 0 Å². The van der Waals surface area contributed by atoms with Crippen LogP contribution in [0.2, 0.25) is 0 Å². The lowest BCUT2D eigenvalue weighted by molar-refractivity contribution is 1.24. The number of rotatable bonds is 3. The molecule has 29 heavy (non-hydrogen) atoms. The maximum absolute atomic E-state index is 4.64. The minimum Gasteiger partial charge on any atom is -0.255 e. The molecule has 0 aliphatic rings. The van der Waals surface area contributed by atoms with E-state index >= 15 is 0 Å². The van der Waals surface area contributed by atoms with Crippen LogP contribution in [0.5, 0.6) is 0 Å². The van der Waals surface area contributed by atoms with E-state index in [1.54, 1.807) is 6.20 Å². The highest BCUT2D eigenvalue weighted by Gasteiger charge is 2.12. The number of hydrogen-bond acceptors (Lipinski definition) is 2. The molecule has 2 nitrogen and oxygen atoms in total. The molecule has 0 aliphatic carbocycles. The van der Waals surface area contributed by atoms with Gasteiger partial charge in [0.05, 0.1) is 11.4 Å². The molecule has 2 aromatic heterocycles. The lowest BCUT2D eigenvalue weighted by Gasteiger charge is -2.16. The van der Waals surface area contributed by atoms with Gasteiger partial charge in [-0.1, -0.05) is 46.3 Å². The number of nitrogens with zero attached hydrogens (tertiary/aromatic N) is 2. The number of benzene rings is 2. The summed E-state index contributed by atoms with van der Waals surface area (Å²) in [6.45, 7) is 8.66. The molecule has 0 radical (unpaired) electrons. The minimum atomic E-state index is 0.890. The molecular weight excluding hydrogens is 420 g/mol. The molecule has 0 spiro atoms. The van der Waals surface area contributed by atoms with Crippen molar-refractivity contribution < 1.29 is 0 Å². The highest BCUT2D eigenvalue weighted by Crippen LogP contribution is 2.35. The number of pyridine rings is 2. The summed E-state index contributed by atoms with van der Waals surface area (Å²) in [5, 5.41) is 0. The number of aromatic nitrogens is 2. The van der Waals surface area contributed by atoms with Crippen molar-refractivity contribution in [3.63, 3.8) is 0 Å². The first-order valence-electron chi connectivity index (χ1n) is 9.70. The zero-order chi connectivity index (χ0) is 20.5. The average Bonchev–Trinajstić information content (AvgIpc) is 2.73. The zero-order valence-electron chi connectivity index (χ0n) is 17.1. The van der Waals surface area contributed by atoms with Gasteiger partial charge in [-0.2, -0.15) is 0 Å². The van der Waals surface area contributed by atoms with E-state index in [1.807, 2.05) is 30.5 Å². The van der Waals surface area contributed by atoms with Crippen molar-refractivity contribution in [2.24, 2.45) is 0 Å². The summed E-state index contributed by atoms with van der Waals surface area (Å²) in [6.07, 6.45) is 3.74. The molecule has 0 unspecified atom stereocenters. The molecule has 0 saturated carbocycles. The highest BCUT2D eigenvalue weighted by molar-refractivity contribution is 9.10. The van der Waals surface area contributed by atoms with Gasteiger partial charge in [0.2, 0.25) is 0 Å². The maximum atomic E-state index is 4.64. The van der Waals surface area contributed by atoms with Crippen LogP contribution >= 0.6 is 15.9 Å². The predicted octanol–water partition coefficient (Wildman–Crippen LogP) is 7.47. The third-order valence-corrected chi connectivity index (χ3v) is 6.22. The van der Waals surface area contributed by atoms with Crippen LogP contribution in [-0.2, 0) is 0 Å². The van der Waals surface area contributed by atoms with Gasteiger partial charge in [0.15, 0.2) is 0 Å². The Morgan fingerprint density at radius 1 is 0.621 bits per heavy atom. The SMILES string of the molecule is Cc1cc(-c2cc(C)c(-c3ccc(-c4ccccn4)nc3)cc2C)c(C)cc1Br. The van der Waals surface area contributed by atoms with E-state index in [0.717, 1.165) is 21.4 Å². The molecule has 0 fully saturated rings. The Morgan fingerprint density at radius 3 is 1.90 bits per heavy atom. The maximum Gasteiger partial charge on any atom is 0.0886 e. The van der Waals surface area contributed by atoms with Crippen LogP contribution in [0.4, 0.5) is 0 Å². The van der Waals surface area contributed by atoms with Crippen LogP contribution in [0.25, 0.3) is 33.6 Å². The molecule has 4 rings (SSSR count). The fourth-order valence-corrected chi connectivity index (χ4v) is 4.17. The summed E-state index contributed by atoms with van der Waals surface area (Å²) in [5.74, 6) is 0. The lowest BCUT2D eigenvalue weighted by Crippen LogP contribution is -1.94. The molecule has 0 saturated heterocycles. The van der Waals surface area contributed by atoms with Crippen LogP contribution in [0.3, 0.4) is 0 Å². The van der Waals surface area contributed by atoms with Gasteiger partial charge in [0, 0.05) is 22.4 Å². The molecule has 2 aromatic carbocycles. The fourth-order valence-electron chi connectivity index (χ4n) is 3.71. The molecule has 144 valence electrons. The van der Waals surface area contributed by atoms with Gasteiger partial charge in [-0.05, 0) is 90.9 Å². The molecule has 4 aromatic rings. The Labute approximate surface area is 180 Å².